The molecule has 2 atom stereocenters. The second kappa shape index (κ2) is 9.47. The number of carbonyl (C=O) groups is 1. The number of guanidine groups is 1. The van der Waals surface area contributed by atoms with Crippen molar-refractivity contribution in [3.63, 3.8) is 0 Å². The highest BCUT2D eigenvalue weighted by molar-refractivity contribution is 5.81. The number of aliphatic imine (C=N–C) groups is 1. The monoisotopic (exact) mass is 389 g/mol. The van der Waals surface area contributed by atoms with Gasteiger partial charge in [-0.05, 0) is 37.5 Å². The molecule has 158 valence electrons. The highest BCUT2D eigenvalue weighted by atomic mass is 16.2. The Hall–Kier alpha value is -1.30. The van der Waals surface area contributed by atoms with Crippen LogP contribution in [0.1, 0.15) is 57.8 Å². The highest BCUT2D eigenvalue weighted by Crippen LogP contribution is 2.44. The molecule has 0 aromatic rings. The molecule has 0 spiro atoms. The summed E-state index contributed by atoms with van der Waals surface area (Å²) in [5.74, 6) is 3.22. The van der Waals surface area contributed by atoms with Crippen molar-refractivity contribution in [2.24, 2.45) is 16.8 Å². The molecule has 2 unspecified atom stereocenters. The van der Waals surface area contributed by atoms with Crippen molar-refractivity contribution in [3.05, 3.63) is 0 Å². The van der Waals surface area contributed by atoms with Crippen molar-refractivity contribution >= 4 is 11.9 Å². The topological polar surface area (TPSA) is 51.2 Å². The highest BCUT2D eigenvalue weighted by Gasteiger charge is 2.44. The number of rotatable bonds is 4. The van der Waals surface area contributed by atoms with E-state index in [1.165, 1.54) is 57.8 Å². The summed E-state index contributed by atoms with van der Waals surface area (Å²) in [5, 5.41) is 3.75. The summed E-state index contributed by atoms with van der Waals surface area (Å²) in [4.78, 5) is 23.9. The summed E-state index contributed by atoms with van der Waals surface area (Å²) < 4.78 is 0. The number of hydrogen-bond acceptors (Lipinski definition) is 3. The number of nitrogens with one attached hydrogen (secondary N) is 1. The zero-order chi connectivity index (χ0) is 19.3. The number of piperazine rings is 1. The zero-order valence-corrected chi connectivity index (χ0v) is 17.7. The molecule has 1 amide bonds. The molecule has 4 rings (SSSR count). The molecule has 2 heterocycles. The molecule has 4 aliphatic rings. The Morgan fingerprint density at radius 1 is 0.893 bits per heavy atom. The molecule has 2 aliphatic heterocycles. The van der Waals surface area contributed by atoms with Crippen LogP contribution in [0.4, 0.5) is 0 Å². The molecule has 0 bridgehead atoms. The van der Waals surface area contributed by atoms with Crippen molar-refractivity contribution < 1.29 is 4.79 Å². The van der Waals surface area contributed by atoms with Crippen molar-refractivity contribution in [1.29, 1.82) is 0 Å². The molecule has 0 radical (unpaired) electrons. The van der Waals surface area contributed by atoms with Crippen LogP contribution >= 0.6 is 0 Å². The Morgan fingerprint density at radius 2 is 1.57 bits per heavy atom. The van der Waals surface area contributed by atoms with Gasteiger partial charge >= 0.3 is 0 Å². The lowest BCUT2D eigenvalue weighted by Crippen LogP contribution is -2.55. The first-order chi connectivity index (χ1) is 13.7. The molecule has 28 heavy (non-hydrogen) atoms. The molecule has 0 aromatic carbocycles. The SMILES string of the molecule is CN=C(NC1CC1C1CCCCC1)N1CCN(CC(=O)N2CCCCC2)CC1. The van der Waals surface area contributed by atoms with E-state index in [2.05, 4.69) is 25.0 Å². The Labute approximate surface area is 170 Å². The van der Waals surface area contributed by atoms with E-state index in [0.29, 0.717) is 18.5 Å². The third-order valence-corrected chi connectivity index (χ3v) is 7.36. The van der Waals surface area contributed by atoms with E-state index < -0.39 is 0 Å². The van der Waals surface area contributed by atoms with Gasteiger partial charge in [-0.3, -0.25) is 14.7 Å². The minimum absolute atomic E-state index is 0.323. The van der Waals surface area contributed by atoms with Gasteiger partial charge in [0.05, 0.1) is 6.54 Å². The summed E-state index contributed by atoms with van der Waals surface area (Å²) in [5.41, 5.74) is 0. The van der Waals surface area contributed by atoms with Gasteiger partial charge in [0.25, 0.3) is 0 Å². The average molecular weight is 390 g/mol. The van der Waals surface area contributed by atoms with Gasteiger partial charge in [-0.15, -0.1) is 0 Å². The number of piperidine rings is 1. The molecule has 2 saturated heterocycles. The standard InChI is InChI=1S/C22H39N5O/c1-23-22(24-20-16-19(20)18-8-4-2-5-9-18)27-14-12-25(13-15-27)17-21(28)26-10-6-3-7-11-26/h18-20H,2-17H2,1H3,(H,23,24). The molecule has 1 N–H and O–H groups in total. The van der Waals surface area contributed by atoms with Gasteiger partial charge in [0, 0.05) is 52.4 Å². The third kappa shape index (κ3) is 5.00. The Bertz CT molecular complexity index is 545. The largest absolute Gasteiger partial charge is 0.353 e. The van der Waals surface area contributed by atoms with Gasteiger partial charge in [0.2, 0.25) is 5.91 Å². The van der Waals surface area contributed by atoms with Crippen LogP contribution in [0.2, 0.25) is 0 Å². The normalized spacial score (nSPS) is 30.4. The lowest BCUT2D eigenvalue weighted by atomic mass is 9.85. The van der Waals surface area contributed by atoms with Crippen LogP contribution in [-0.2, 0) is 4.79 Å². The maximum atomic E-state index is 12.5. The van der Waals surface area contributed by atoms with E-state index in [-0.39, 0.29) is 0 Å². The molecule has 4 fully saturated rings. The van der Waals surface area contributed by atoms with Crippen LogP contribution in [0.3, 0.4) is 0 Å². The van der Waals surface area contributed by atoms with Crippen LogP contribution < -0.4 is 5.32 Å². The summed E-state index contributed by atoms with van der Waals surface area (Å²) in [6.07, 6.45) is 12.1. The van der Waals surface area contributed by atoms with E-state index in [0.717, 1.165) is 57.1 Å². The lowest BCUT2D eigenvalue weighted by molar-refractivity contribution is -0.133. The fourth-order valence-corrected chi connectivity index (χ4v) is 5.48. The first-order valence-corrected chi connectivity index (χ1v) is 11.7. The van der Waals surface area contributed by atoms with Gasteiger partial charge in [-0.2, -0.15) is 0 Å². The Morgan fingerprint density at radius 3 is 2.25 bits per heavy atom. The van der Waals surface area contributed by atoms with Gasteiger partial charge in [0.15, 0.2) is 5.96 Å². The predicted octanol–water partition coefficient (Wildman–Crippen LogP) is 2.16. The number of likely N-dealkylation sites (tertiary alicyclic amines) is 1. The molecule has 6 heteroatoms. The Kier molecular flexibility index (Phi) is 6.76. The van der Waals surface area contributed by atoms with Crippen LogP contribution in [0, 0.1) is 11.8 Å². The van der Waals surface area contributed by atoms with Gasteiger partial charge in [-0.1, -0.05) is 32.1 Å². The van der Waals surface area contributed by atoms with Gasteiger partial charge in [0.1, 0.15) is 0 Å². The first-order valence-electron chi connectivity index (χ1n) is 11.7. The maximum absolute atomic E-state index is 12.5. The quantitative estimate of drug-likeness (QED) is 0.591. The number of hydrogen-bond donors (Lipinski definition) is 1. The summed E-state index contributed by atoms with van der Waals surface area (Å²) in [7, 11) is 1.91. The number of carbonyl (C=O) groups excluding carboxylic acids is 1. The van der Waals surface area contributed by atoms with Crippen molar-refractivity contribution in [2.45, 2.75) is 63.8 Å². The summed E-state index contributed by atoms with van der Waals surface area (Å²) >= 11 is 0. The van der Waals surface area contributed by atoms with Crippen molar-refractivity contribution in [1.82, 2.24) is 20.0 Å². The molecule has 2 saturated carbocycles. The number of amides is 1. The summed E-state index contributed by atoms with van der Waals surface area (Å²) in [6, 6.07) is 0.639. The van der Waals surface area contributed by atoms with Crippen LogP contribution in [0.5, 0.6) is 0 Å². The predicted molar refractivity (Wildman–Crippen MR) is 113 cm³/mol. The van der Waals surface area contributed by atoms with E-state index >= 15 is 0 Å². The van der Waals surface area contributed by atoms with Crippen LogP contribution in [-0.4, -0.2) is 85.5 Å². The average Bonchev–Trinajstić information content (AvgIpc) is 3.53. The van der Waals surface area contributed by atoms with Gasteiger partial charge in [-0.25, -0.2) is 0 Å². The van der Waals surface area contributed by atoms with E-state index in [1.807, 2.05) is 7.05 Å². The number of nitrogens with zero attached hydrogens (tertiary/aromatic N) is 4. The fraction of sp³-hybridized carbons (Fsp3) is 0.909. The maximum Gasteiger partial charge on any atom is 0.236 e. The van der Waals surface area contributed by atoms with E-state index in [1.54, 1.807) is 0 Å². The third-order valence-electron chi connectivity index (χ3n) is 7.36. The smallest absolute Gasteiger partial charge is 0.236 e. The molecule has 6 nitrogen and oxygen atoms in total. The first kappa shape index (κ1) is 20.0. The summed E-state index contributed by atoms with van der Waals surface area (Å²) in [6.45, 7) is 6.35. The minimum atomic E-state index is 0.323. The molecular formula is C22H39N5O. The van der Waals surface area contributed by atoms with E-state index in [9.17, 15) is 4.79 Å². The molecular weight excluding hydrogens is 350 g/mol. The molecule has 0 aromatic heterocycles. The fourth-order valence-electron chi connectivity index (χ4n) is 5.48. The van der Waals surface area contributed by atoms with E-state index in [4.69, 9.17) is 0 Å². The second-order valence-corrected chi connectivity index (χ2v) is 9.30. The Balaban J connectivity index is 1.19. The van der Waals surface area contributed by atoms with Gasteiger partial charge < -0.3 is 15.1 Å². The van der Waals surface area contributed by atoms with Crippen molar-refractivity contribution in [2.75, 3.05) is 52.9 Å². The second-order valence-electron chi connectivity index (χ2n) is 9.30. The lowest BCUT2D eigenvalue weighted by Gasteiger charge is -2.37. The molecule has 2 aliphatic carbocycles. The minimum Gasteiger partial charge on any atom is -0.353 e. The van der Waals surface area contributed by atoms with Crippen LogP contribution in [0.15, 0.2) is 4.99 Å². The van der Waals surface area contributed by atoms with Crippen molar-refractivity contribution in [3.8, 4) is 0 Å². The zero-order valence-electron chi connectivity index (χ0n) is 17.7. The van der Waals surface area contributed by atoms with Crippen LogP contribution in [0.25, 0.3) is 0 Å².